The second-order valence-corrected chi connectivity index (χ2v) is 6.30. The first-order valence-electron chi connectivity index (χ1n) is 6.80. The molecule has 0 aliphatic heterocycles. The predicted octanol–water partition coefficient (Wildman–Crippen LogP) is 3.80. The molecule has 3 nitrogen and oxygen atoms in total. The van der Waals surface area contributed by atoms with Gasteiger partial charge in [-0.25, -0.2) is 0 Å². The Balaban J connectivity index is 2.27. The van der Waals surface area contributed by atoms with Crippen LogP contribution in [0.5, 0.6) is 5.75 Å². The fraction of sp³-hybridized carbons (Fsp3) is 0.562. The molecule has 1 saturated carbocycles. The highest BCUT2D eigenvalue weighted by atomic mass is 16.5. The molecule has 0 saturated heterocycles. The number of methoxy groups -OCH3 is 1. The molecule has 0 heterocycles. The van der Waals surface area contributed by atoms with Crippen molar-refractivity contribution in [3.8, 4) is 11.8 Å². The summed E-state index contributed by atoms with van der Waals surface area (Å²) < 4.78 is 5.37. The van der Waals surface area contributed by atoms with Gasteiger partial charge in [-0.15, -0.1) is 0 Å². The standard InChI is InChI=1S/C16H22N2O/c1-11-8-16(2,3)9-13(11)18-15-12(10-17)6-5-7-14(15)19-4/h5-7,11,13,18H,8-9H2,1-4H3. The largest absolute Gasteiger partial charge is 0.495 e. The van der Waals surface area contributed by atoms with Gasteiger partial charge in [0.2, 0.25) is 0 Å². The Kier molecular flexibility index (Phi) is 3.71. The maximum absolute atomic E-state index is 9.24. The molecule has 3 heteroatoms. The molecule has 2 rings (SSSR count). The second-order valence-electron chi connectivity index (χ2n) is 6.30. The number of nitriles is 1. The smallest absolute Gasteiger partial charge is 0.143 e. The van der Waals surface area contributed by atoms with Crippen LogP contribution in [0.3, 0.4) is 0 Å². The molecule has 1 aliphatic rings. The summed E-state index contributed by atoms with van der Waals surface area (Å²) in [6.07, 6.45) is 2.33. The summed E-state index contributed by atoms with van der Waals surface area (Å²) in [6.45, 7) is 6.88. The number of ether oxygens (including phenoxy) is 1. The van der Waals surface area contributed by atoms with Gasteiger partial charge >= 0.3 is 0 Å². The molecule has 0 amide bonds. The lowest BCUT2D eigenvalue weighted by molar-refractivity contribution is 0.366. The van der Waals surface area contributed by atoms with Crippen molar-refractivity contribution < 1.29 is 4.74 Å². The van der Waals surface area contributed by atoms with Gasteiger partial charge < -0.3 is 10.1 Å². The van der Waals surface area contributed by atoms with Crippen molar-refractivity contribution in [2.45, 2.75) is 39.7 Å². The van der Waals surface area contributed by atoms with Crippen LogP contribution >= 0.6 is 0 Å². The van der Waals surface area contributed by atoms with Crippen LogP contribution in [0.25, 0.3) is 0 Å². The normalized spacial score (nSPS) is 24.8. The highest BCUT2D eigenvalue weighted by molar-refractivity contribution is 5.66. The lowest BCUT2D eigenvalue weighted by atomic mass is 9.91. The molecule has 2 unspecified atom stereocenters. The van der Waals surface area contributed by atoms with E-state index in [0.29, 0.717) is 22.9 Å². The van der Waals surface area contributed by atoms with E-state index in [4.69, 9.17) is 4.74 Å². The zero-order valence-electron chi connectivity index (χ0n) is 12.2. The zero-order chi connectivity index (χ0) is 14.0. The highest BCUT2D eigenvalue weighted by Gasteiger charge is 2.37. The third-order valence-electron chi connectivity index (χ3n) is 4.03. The maximum Gasteiger partial charge on any atom is 0.143 e. The van der Waals surface area contributed by atoms with E-state index in [1.165, 1.54) is 6.42 Å². The number of rotatable bonds is 3. The van der Waals surface area contributed by atoms with Crippen LogP contribution in [0, 0.1) is 22.7 Å². The number of nitrogens with one attached hydrogen (secondary N) is 1. The molecule has 19 heavy (non-hydrogen) atoms. The molecule has 1 aliphatic carbocycles. The topological polar surface area (TPSA) is 45.0 Å². The van der Waals surface area contributed by atoms with Gasteiger partial charge in [0.25, 0.3) is 0 Å². The minimum atomic E-state index is 0.367. The second kappa shape index (κ2) is 5.13. The average Bonchev–Trinajstić information content (AvgIpc) is 2.62. The van der Waals surface area contributed by atoms with Crippen molar-refractivity contribution in [2.24, 2.45) is 11.3 Å². The summed E-state index contributed by atoms with van der Waals surface area (Å²) in [6, 6.07) is 8.22. The molecular weight excluding hydrogens is 236 g/mol. The van der Waals surface area contributed by atoms with Crippen LogP contribution in [-0.4, -0.2) is 13.2 Å². The number of para-hydroxylation sites is 1. The van der Waals surface area contributed by atoms with Crippen molar-refractivity contribution in [3.63, 3.8) is 0 Å². The Hall–Kier alpha value is -1.69. The van der Waals surface area contributed by atoms with Gasteiger partial charge in [0.05, 0.1) is 18.4 Å². The van der Waals surface area contributed by atoms with E-state index >= 15 is 0 Å². The fourth-order valence-corrected chi connectivity index (χ4v) is 3.22. The SMILES string of the molecule is COc1cccc(C#N)c1NC1CC(C)(C)CC1C. The summed E-state index contributed by atoms with van der Waals surface area (Å²) >= 11 is 0. The molecule has 1 N–H and O–H groups in total. The Morgan fingerprint density at radius 3 is 2.63 bits per heavy atom. The summed E-state index contributed by atoms with van der Waals surface area (Å²) in [5, 5.41) is 12.8. The third-order valence-corrected chi connectivity index (χ3v) is 4.03. The predicted molar refractivity (Wildman–Crippen MR) is 77.3 cm³/mol. The van der Waals surface area contributed by atoms with Gasteiger partial charge in [-0.1, -0.05) is 26.8 Å². The minimum Gasteiger partial charge on any atom is -0.495 e. The van der Waals surface area contributed by atoms with Crippen molar-refractivity contribution in [1.82, 2.24) is 0 Å². The van der Waals surface area contributed by atoms with Crippen LogP contribution in [0.1, 0.15) is 39.2 Å². The van der Waals surface area contributed by atoms with Gasteiger partial charge in [0.15, 0.2) is 0 Å². The first kappa shape index (κ1) is 13.7. The zero-order valence-corrected chi connectivity index (χ0v) is 12.2. The molecule has 0 bridgehead atoms. The molecule has 2 atom stereocenters. The molecule has 0 spiro atoms. The average molecular weight is 258 g/mol. The number of benzene rings is 1. The molecule has 1 aromatic carbocycles. The molecule has 0 aromatic heterocycles. The summed E-state index contributed by atoms with van der Waals surface area (Å²) in [7, 11) is 1.64. The molecule has 0 radical (unpaired) electrons. The van der Waals surface area contributed by atoms with Gasteiger partial charge in [-0.2, -0.15) is 5.26 Å². The minimum absolute atomic E-state index is 0.367. The van der Waals surface area contributed by atoms with Gasteiger partial charge in [-0.05, 0) is 36.3 Å². The number of hydrogen-bond donors (Lipinski definition) is 1. The lowest BCUT2D eigenvalue weighted by Crippen LogP contribution is -2.23. The molecule has 1 aromatic rings. The van der Waals surface area contributed by atoms with Crippen molar-refractivity contribution in [3.05, 3.63) is 23.8 Å². The monoisotopic (exact) mass is 258 g/mol. The first-order chi connectivity index (χ1) is 8.96. The molecular formula is C16H22N2O. The van der Waals surface area contributed by atoms with E-state index in [1.54, 1.807) is 7.11 Å². The molecule has 1 fully saturated rings. The quantitative estimate of drug-likeness (QED) is 0.896. The van der Waals surface area contributed by atoms with E-state index in [1.807, 2.05) is 18.2 Å². The fourth-order valence-electron chi connectivity index (χ4n) is 3.22. The number of anilines is 1. The van der Waals surface area contributed by atoms with Crippen molar-refractivity contribution in [2.75, 3.05) is 12.4 Å². The van der Waals surface area contributed by atoms with Crippen molar-refractivity contribution in [1.29, 1.82) is 5.26 Å². The number of nitrogens with zero attached hydrogens (tertiary/aromatic N) is 1. The third kappa shape index (κ3) is 2.84. The van der Waals surface area contributed by atoms with E-state index in [9.17, 15) is 5.26 Å². The van der Waals surface area contributed by atoms with Crippen LogP contribution < -0.4 is 10.1 Å². The van der Waals surface area contributed by atoms with E-state index in [2.05, 4.69) is 32.2 Å². The van der Waals surface area contributed by atoms with Gasteiger partial charge in [0.1, 0.15) is 11.8 Å². The highest BCUT2D eigenvalue weighted by Crippen LogP contribution is 2.43. The van der Waals surface area contributed by atoms with Crippen LogP contribution in [0.2, 0.25) is 0 Å². The first-order valence-corrected chi connectivity index (χ1v) is 6.80. The van der Waals surface area contributed by atoms with Crippen LogP contribution in [-0.2, 0) is 0 Å². The summed E-state index contributed by atoms with van der Waals surface area (Å²) in [5.41, 5.74) is 1.85. The lowest BCUT2D eigenvalue weighted by Gasteiger charge is -2.22. The van der Waals surface area contributed by atoms with Crippen LogP contribution in [0.15, 0.2) is 18.2 Å². The summed E-state index contributed by atoms with van der Waals surface area (Å²) in [4.78, 5) is 0. The van der Waals surface area contributed by atoms with Gasteiger partial charge in [-0.3, -0.25) is 0 Å². The summed E-state index contributed by atoms with van der Waals surface area (Å²) in [5.74, 6) is 1.35. The van der Waals surface area contributed by atoms with Gasteiger partial charge in [0, 0.05) is 6.04 Å². The van der Waals surface area contributed by atoms with E-state index in [-0.39, 0.29) is 0 Å². The van der Waals surface area contributed by atoms with Crippen molar-refractivity contribution >= 4 is 5.69 Å². The van der Waals surface area contributed by atoms with E-state index < -0.39 is 0 Å². The number of hydrogen-bond acceptors (Lipinski definition) is 3. The molecule has 102 valence electrons. The maximum atomic E-state index is 9.24. The Morgan fingerprint density at radius 2 is 2.11 bits per heavy atom. The Morgan fingerprint density at radius 1 is 1.37 bits per heavy atom. The van der Waals surface area contributed by atoms with E-state index in [0.717, 1.165) is 17.9 Å². The Labute approximate surface area is 115 Å². The Bertz CT molecular complexity index is 502. The van der Waals surface area contributed by atoms with Crippen LogP contribution in [0.4, 0.5) is 5.69 Å².